The summed E-state index contributed by atoms with van der Waals surface area (Å²) in [7, 11) is 0. The SMILES string of the molecule is CC(=O)N/N=C\c1ccc(OCc2cccc(C)c2)c(Br)c1. The summed E-state index contributed by atoms with van der Waals surface area (Å²) in [5.74, 6) is 0.562. The lowest BCUT2D eigenvalue weighted by atomic mass is 10.1. The molecule has 2 rings (SSSR count). The third-order valence-electron chi connectivity index (χ3n) is 2.87. The number of nitrogens with one attached hydrogen (secondary N) is 1. The van der Waals surface area contributed by atoms with Gasteiger partial charge in [-0.2, -0.15) is 5.10 Å². The van der Waals surface area contributed by atoms with Gasteiger partial charge in [0.2, 0.25) is 5.91 Å². The molecule has 0 saturated carbocycles. The molecule has 0 aromatic heterocycles. The van der Waals surface area contributed by atoms with Crippen molar-refractivity contribution >= 4 is 28.1 Å². The molecule has 0 heterocycles. The first-order valence-corrected chi connectivity index (χ1v) is 7.61. The maximum atomic E-state index is 10.7. The van der Waals surface area contributed by atoms with E-state index in [0.29, 0.717) is 6.61 Å². The molecular formula is C17H17BrN2O2. The van der Waals surface area contributed by atoms with Gasteiger partial charge in [0.25, 0.3) is 0 Å². The highest BCUT2D eigenvalue weighted by Gasteiger charge is 2.03. The summed E-state index contributed by atoms with van der Waals surface area (Å²) < 4.78 is 6.65. The lowest BCUT2D eigenvalue weighted by molar-refractivity contribution is -0.118. The van der Waals surface area contributed by atoms with Crippen LogP contribution in [-0.2, 0) is 11.4 Å². The zero-order valence-electron chi connectivity index (χ0n) is 12.5. The molecule has 5 heteroatoms. The lowest BCUT2D eigenvalue weighted by Crippen LogP contribution is -2.12. The molecular weight excluding hydrogens is 344 g/mol. The van der Waals surface area contributed by atoms with Crippen LogP contribution in [0, 0.1) is 6.92 Å². The van der Waals surface area contributed by atoms with Crippen molar-refractivity contribution in [3.63, 3.8) is 0 Å². The molecule has 0 bridgehead atoms. The van der Waals surface area contributed by atoms with E-state index in [1.54, 1.807) is 6.21 Å². The second kappa shape index (κ2) is 7.75. The van der Waals surface area contributed by atoms with Gasteiger partial charge in [-0.15, -0.1) is 0 Å². The van der Waals surface area contributed by atoms with Gasteiger partial charge in [-0.1, -0.05) is 29.8 Å². The third-order valence-corrected chi connectivity index (χ3v) is 3.49. The van der Waals surface area contributed by atoms with Crippen molar-refractivity contribution in [3.05, 3.63) is 63.6 Å². The highest BCUT2D eigenvalue weighted by Crippen LogP contribution is 2.26. The minimum atomic E-state index is -0.201. The molecule has 0 atom stereocenters. The van der Waals surface area contributed by atoms with Gasteiger partial charge in [0.05, 0.1) is 10.7 Å². The van der Waals surface area contributed by atoms with Crippen LogP contribution in [0.1, 0.15) is 23.6 Å². The van der Waals surface area contributed by atoms with Crippen LogP contribution in [0.4, 0.5) is 0 Å². The zero-order chi connectivity index (χ0) is 15.9. The number of carbonyl (C=O) groups is 1. The summed E-state index contributed by atoms with van der Waals surface area (Å²) in [6, 6.07) is 13.8. The van der Waals surface area contributed by atoms with Crippen molar-refractivity contribution in [1.29, 1.82) is 0 Å². The average molecular weight is 361 g/mol. The van der Waals surface area contributed by atoms with Crippen molar-refractivity contribution in [3.8, 4) is 5.75 Å². The highest BCUT2D eigenvalue weighted by molar-refractivity contribution is 9.10. The average Bonchev–Trinajstić information content (AvgIpc) is 2.46. The number of carbonyl (C=O) groups excluding carboxylic acids is 1. The second-order valence-electron chi connectivity index (χ2n) is 4.89. The molecule has 2 aromatic rings. The number of hydrazone groups is 1. The number of rotatable bonds is 5. The van der Waals surface area contributed by atoms with Gasteiger partial charge in [-0.25, -0.2) is 5.43 Å². The van der Waals surface area contributed by atoms with Crippen LogP contribution in [0.3, 0.4) is 0 Å². The summed E-state index contributed by atoms with van der Waals surface area (Å²) in [5.41, 5.74) is 5.57. The van der Waals surface area contributed by atoms with Crippen LogP contribution >= 0.6 is 15.9 Å². The maximum Gasteiger partial charge on any atom is 0.236 e. The molecule has 0 radical (unpaired) electrons. The van der Waals surface area contributed by atoms with Crippen LogP contribution in [-0.4, -0.2) is 12.1 Å². The minimum absolute atomic E-state index is 0.201. The fraction of sp³-hybridized carbons (Fsp3) is 0.176. The van der Waals surface area contributed by atoms with Crippen molar-refractivity contribution in [2.24, 2.45) is 5.10 Å². The largest absolute Gasteiger partial charge is 0.488 e. The first-order chi connectivity index (χ1) is 10.5. The van der Waals surface area contributed by atoms with Gasteiger partial charge < -0.3 is 4.74 Å². The molecule has 0 aliphatic heterocycles. The molecule has 0 fully saturated rings. The summed E-state index contributed by atoms with van der Waals surface area (Å²) in [5, 5.41) is 3.83. The van der Waals surface area contributed by atoms with E-state index in [4.69, 9.17) is 4.74 Å². The van der Waals surface area contributed by atoms with E-state index < -0.39 is 0 Å². The maximum absolute atomic E-state index is 10.7. The summed E-state index contributed by atoms with van der Waals surface area (Å²) in [4.78, 5) is 10.7. The minimum Gasteiger partial charge on any atom is -0.488 e. The van der Waals surface area contributed by atoms with Crippen LogP contribution < -0.4 is 10.2 Å². The molecule has 2 aromatic carbocycles. The Morgan fingerprint density at radius 3 is 2.82 bits per heavy atom. The van der Waals surface area contributed by atoms with Crippen LogP contribution in [0.25, 0.3) is 0 Å². The molecule has 4 nitrogen and oxygen atoms in total. The topological polar surface area (TPSA) is 50.7 Å². The first-order valence-electron chi connectivity index (χ1n) is 6.82. The van der Waals surface area contributed by atoms with Gasteiger partial charge in [0.15, 0.2) is 0 Å². The number of benzene rings is 2. The Hall–Kier alpha value is -2.14. The molecule has 114 valence electrons. The van der Waals surface area contributed by atoms with E-state index >= 15 is 0 Å². The predicted octanol–water partition coefficient (Wildman–Crippen LogP) is 3.81. The Morgan fingerprint density at radius 2 is 2.14 bits per heavy atom. The normalized spacial score (nSPS) is 10.7. The van der Waals surface area contributed by atoms with Gasteiger partial charge in [0.1, 0.15) is 12.4 Å². The quantitative estimate of drug-likeness (QED) is 0.651. The predicted molar refractivity (Wildman–Crippen MR) is 91.1 cm³/mol. The number of aryl methyl sites for hydroxylation is 1. The van der Waals surface area contributed by atoms with Crippen molar-refractivity contribution < 1.29 is 9.53 Å². The molecule has 0 aliphatic rings. The molecule has 22 heavy (non-hydrogen) atoms. The fourth-order valence-corrected chi connectivity index (χ4v) is 2.39. The van der Waals surface area contributed by atoms with Crippen LogP contribution in [0.15, 0.2) is 52.0 Å². The standard InChI is InChI=1S/C17H17BrN2O2/c1-12-4-3-5-15(8-12)11-22-17-7-6-14(9-16(17)18)10-19-20-13(2)21/h3-10H,11H2,1-2H3,(H,20,21)/b19-10-. The second-order valence-corrected chi connectivity index (χ2v) is 5.75. The van der Waals surface area contributed by atoms with Crippen LogP contribution in [0.5, 0.6) is 5.75 Å². The zero-order valence-corrected chi connectivity index (χ0v) is 14.1. The molecule has 0 unspecified atom stereocenters. The number of nitrogens with zero attached hydrogens (tertiary/aromatic N) is 1. The van der Waals surface area contributed by atoms with Crippen molar-refractivity contribution in [1.82, 2.24) is 5.43 Å². The monoisotopic (exact) mass is 360 g/mol. The summed E-state index contributed by atoms with van der Waals surface area (Å²) in [6.07, 6.45) is 1.58. The number of hydrogen-bond donors (Lipinski definition) is 1. The molecule has 0 aliphatic carbocycles. The lowest BCUT2D eigenvalue weighted by Gasteiger charge is -2.09. The highest BCUT2D eigenvalue weighted by atomic mass is 79.9. The van der Waals surface area contributed by atoms with E-state index in [2.05, 4.69) is 45.5 Å². The molecule has 0 saturated heterocycles. The molecule has 1 N–H and O–H groups in total. The van der Waals surface area contributed by atoms with Gasteiger partial charge in [-0.05, 0) is 52.2 Å². The third kappa shape index (κ3) is 5.00. The molecule has 1 amide bonds. The number of hydrogen-bond acceptors (Lipinski definition) is 3. The van der Waals surface area contributed by atoms with Gasteiger partial charge >= 0.3 is 0 Å². The van der Waals surface area contributed by atoms with E-state index in [-0.39, 0.29) is 5.91 Å². The number of amides is 1. The van der Waals surface area contributed by atoms with Gasteiger partial charge in [-0.3, -0.25) is 4.79 Å². The summed E-state index contributed by atoms with van der Waals surface area (Å²) >= 11 is 3.48. The van der Waals surface area contributed by atoms with Crippen molar-refractivity contribution in [2.45, 2.75) is 20.5 Å². The Morgan fingerprint density at radius 1 is 1.32 bits per heavy atom. The van der Waals surface area contributed by atoms with E-state index in [1.165, 1.54) is 12.5 Å². The smallest absolute Gasteiger partial charge is 0.236 e. The first kappa shape index (κ1) is 16.2. The van der Waals surface area contributed by atoms with E-state index in [1.807, 2.05) is 30.3 Å². The van der Waals surface area contributed by atoms with Gasteiger partial charge in [0, 0.05) is 6.92 Å². The Balaban J connectivity index is 2.00. The Bertz CT molecular complexity index is 699. The number of ether oxygens (including phenoxy) is 1. The van der Waals surface area contributed by atoms with E-state index in [0.717, 1.165) is 21.3 Å². The number of halogens is 1. The van der Waals surface area contributed by atoms with E-state index in [9.17, 15) is 4.79 Å². The van der Waals surface area contributed by atoms with Crippen LogP contribution in [0.2, 0.25) is 0 Å². The fourth-order valence-electron chi connectivity index (χ4n) is 1.88. The Kier molecular flexibility index (Phi) is 5.72. The van der Waals surface area contributed by atoms with Crippen molar-refractivity contribution in [2.75, 3.05) is 0 Å². The Labute approximate surface area is 138 Å². The summed E-state index contributed by atoms with van der Waals surface area (Å²) in [6.45, 7) is 3.98. The molecule has 0 spiro atoms.